The van der Waals surface area contributed by atoms with Gasteiger partial charge in [-0.25, -0.2) is 5.43 Å². The van der Waals surface area contributed by atoms with Crippen LogP contribution in [0.3, 0.4) is 0 Å². The van der Waals surface area contributed by atoms with Crippen LogP contribution < -0.4 is 5.43 Å². The summed E-state index contributed by atoms with van der Waals surface area (Å²) in [6, 6.07) is 10.1. The maximum absolute atomic E-state index is 11.9. The Kier molecular flexibility index (Phi) is 4.69. The van der Waals surface area contributed by atoms with E-state index in [1.807, 2.05) is 50.4 Å². The number of amides is 1. The highest BCUT2D eigenvalue weighted by atomic mass is 32.1. The second-order valence-corrected chi connectivity index (χ2v) is 5.76. The van der Waals surface area contributed by atoms with E-state index in [0.29, 0.717) is 6.42 Å². The first-order valence-electron chi connectivity index (χ1n) is 6.49. The van der Waals surface area contributed by atoms with Crippen molar-refractivity contribution in [3.8, 4) is 0 Å². The van der Waals surface area contributed by atoms with Crippen molar-refractivity contribution in [1.82, 2.24) is 5.43 Å². The Morgan fingerprint density at radius 2 is 2.10 bits per heavy atom. The molecule has 2 rings (SSSR count). The molecule has 0 aliphatic rings. The Morgan fingerprint density at radius 3 is 2.75 bits per heavy atom. The number of benzene rings is 1. The molecule has 20 heavy (non-hydrogen) atoms. The lowest BCUT2D eigenvalue weighted by molar-refractivity contribution is -0.120. The van der Waals surface area contributed by atoms with E-state index in [2.05, 4.69) is 16.6 Å². The number of carbonyl (C=O) groups is 1. The molecule has 0 fully saturated rings. The third-order valence-corrected chi connectivity index (χ3v) is 4.05. The van der Waals surface area contributed by atoms with Crippen LogP contribution in [0.4, 0.5) is 0 Å². The van der Waals surface area contributed by atoms with Crippen molar-refractivity contribution in [2.75, 3.05) is 0 Å². The summed E-state index contributed by atoms with van der Waals surface area (Å²) in [6.07, 6.45) is 0.354. The highest BCUT2D eigenvalue weighted by Gasteiger charge is 2.06. The standard InChI is InChI=1S/C16H18N2OS/c1-11-6-7-14(12(2)9-11)10-16(19)18-17-13(3)15-5-4-8-20-15/h4-9H,10H2,1-3H3,(H,18,19)/b17-13-. The van der Waals surface area contributed by atoms with Crippen LogP contribution in [-0.4, -0.2) is 11.6 Å². The van der Waals surface area contributed by atoms with Gasteiger partial charge >= 0.3 is 0 Å². The maximum Gasteiger partial charge on any atom is 0.244 e. The Hall–Kier alpha value is -1.94. The van der Waals surface area contributed by atoms with E-state index < -0.39 is 0 Å². The highest BCUT2D eigenvalue weighted by molar-refractivity contribution is 7.12. The molecular formula is C16H18N2OS. The molecule has 0 spiro atoms. The first-order valence-corrected chi connectivity index (χ1v) is 7.37. The van der Waals surface area contributed by atoms with Crippen LogP contribution in [0.1, 0.15) is 28.5 Å². The zero-order valence-electron chi connectivity index (χ0n) is 11.9. The maximum atomic E-state index is 11.9. The number of nitrogens with one attached hydrogen (secondary N) is 1. The van der Waals surface area contributed by atoms with Gasteiger partial charge in [-0.15, -0.1) is 11.3 Å². The molecule has 0 aliphatic carbocycles. The van der Waals surface area contributed by atoms with Crippen LogP contribution in [-0.2, 0) is 11.2 Å². The van der Waals surface area contributed by atoms with Crippen LogP contribution in [0.2, 0.25) is 0 Å². The van der Waals surface area contributed by atoms with E-state index in [9.17, 15) is 4.79 Å². The lowest BCUT2D eigenvalue weighted by atomic mass is 10.0. The Labute approximate surface area is 123 Å². The quantitative estimate of drug-likeness (QED) is 0.679. The topological polar surface area (TPSA) is 41.5 Å². The van der Waals surface area contributed by atoms with E-state index in [0.717, 1.165) is 21.7 Å². The molecule has 0 saturated heterocycles. The molecule has 0 saturated carbocycles. The molecule has 1 heterocycles. The van der Waals surface area contributed by atoms with Gasteiger partial charge in [-0.1, -0.05) is 29.8 Å². The third-order valence-electron chi connectivity index (χ3n) is 3.08. The summed E-state index contributed by atoms with van der Waals surface area (Å²) in [5.74, 6) is -0.0899. The van der Waals surface area contributed by atoms with Gasteiger partial charge in [0.05, 0.1) is 12.1 Å². The van der Waals surface area contributed by atoms with Gasteiger partial charge in [0.2, 0.25) is 5.91 Å². The number of hydrogen-bond donors (Lipinski definition) is 1. The summed E-state index contributed by atoms with van der Waals surface area (Å²) in [5.41, 5.74) is 6.83. The smallest absolute Gasteiger partial charge is 0.244 e. The lowest BCUT2D eigenvalue weighted by Crippen LogP contribution is -2.21. The fourth-order valence-electron chi connectivity index (χ4n) is 1.94. The normalized spacial score (nSPS) is 11.4. The number of nitrogens with zero attached hydrogens (tertiary/aromatic N) is 1. The molecule has 0 bridgehead atoms. The molecular weight excluding hydrogens is 268 g/mol. The predicted molar refractivity (Wildman–Crippen MR) is 84.3 cm³/mol. The SMILES string of the molecule is C/C(=N/NC(=O)Cc1ccc(C)cc1C)c1cccs1. The first-order chi connectivity index (χ1) is 9.56. The Bertz CT molecular complexity index is 630. The summed E-state index contributed by atoms with van der Waals surface area (Å²) in [6.45, 7) is 5.96. The van der Waals surface area contributed by atoms with Crippen molar-refractivity contribution in [2.45, 2.75) is 27.2 Å². The van der Waals surface area contributed by atoms with Crippen LogP contribution in [0, 0.1) is 13.8 Å². The average molecular weight is 286 g/mol. The minimum atomic E-state index is -0.0899. The van der Waals surface area contributed by atoms with Crippen molar-refractivity contribution in [1.29, 1.82) is 0 Å². The minimum Gasteiger partial charge on any atom is -0.273 e. The van der Waals surface area contributed by atoms with E-state index in [4.69, 9.17) is 0 Å². The third kappa shape index (κ3) is 3.78. The van der Waals surface area contributed by atoms with Crippen LogP contribution in [0.5, 0.6) is 0 Å². The van der Waals surface area contributed by atoms with E-state index >= 15 is 0 Å². The fraction of sp³-hybridized carbons (Fsp3) is 0.250. The molecule has 0 atom stereocenters. The first kappa shape index (κ1) is 14.5. The van der Waals surface area contributed by atoms with Crippen LogP contribution in [0.15, 0.2) is 40.8 Å². The number of rotatable bonds is 4. The minimum absolute atomic E-state index is 0.0899. The Balaban J connectivity index is 1.97. The molecule has 0 radical (unpaired) electrons. The van der Waals surface area contributed by atoms with Gasteiger partial charge in [0, 0.05) is 4.88 Å². The van der Waals surface area contributed by atoms with Gasteiger partial charge in [0.15, 0.2) is 0 Å². The molecule has 0 unspecified atom stereocenters. The largest absolute Gasteiger partial charge is 0.273 e. The monoisotopic (exact) mass is 286 g/mol. The van der Waals surface area contributed by atoms with Gasteiger partial charge in [0.25, 0.3) is 0 Å². The van der Waals surface area contributed by atoms with Crippen molar-refractivity contribution >= 4 is 23.0 Å². The molecule has 1 N–H and O–H groups in total. The molecule has 4 heteroatoms. The van der Waals surface area contributed by atoms with E-state index in [-0.39, 0.29) is 5.91 Å². The zero-order chi connectivity index (χ0) is 14.5. The molecule has 2 aromatic rings. The van der Waals surface area contributed by atoms with Gasteiger partial charge in [-0.2, -0.15) is 5.10 Å². The van der Waals surface area contributed by atoms with Gasteiger partial charge in [-0.3, -0.25) is 4.79 Å². The molecule has 3 nitrogen and oxygen atoms in total. The number of hydrazone groups is 1. The number of carbonyl (C=O) groups excluding carboxylic acids is 1. The van der Waals surface area contributed by atoms with Crippen molar-refractivity contribution < 1.29 is 4.79 Å². The van der Waals surface area contributed by atoms with Gasteiger partial charge in [-0.05, 0) is 43.3 Å². The van der Waals surface area contributed by atoms with E-state index in [1.165, 1.54) is 5.56 Å². The second-order valence-electron chi connectivity index (χ2n) is 4.82. The zero-order valence-corrected chi connectivity index (χ0v) is 12.8. The van der Waals surface area contributed by atoms with Gasteiger partial charge < -0.3 is 0 Å². The van der Waals surface area contributed by atoms with Crippen molar-refractivity contribution in [2.24, 2.45) is 5.10 Å². The molecule has 1 aromatic carbocycles. The van der Waals surface area contributed by atoms with Crippen molar-refractivity contribution in [3.05, 3.63) is 57.3 Å². The lowest BCUT2D eigenvalue weighted by Gasteiger charge is -2.06. The summed E-state index contributed by atoms with van der Waals surface area (Å²) >= 11 is 1.61. The second kappa shape index (κ2) is 6.48. The molecule has 104 valence electrons. The molecule has 1 amide bonds. The number of thiophene rings is 1. The van der Waals surface area contributed by atoms with Crippen molar-refractivity contribution in [3.63, 3.8) is 0 Å². The van der Waals surface area contributed by atoms with E-state index in [1.54, 1.807) is 11.3 Å². The van der Waals surface area contributed by atoms with Crippen LogP contribution >= 0.6 is 11.3 Å². The average Bonchev–Trinajstić information content (AvgIpc) is 2.93. The molecule has 1 aromatic heterocycles. The summed E-state index contributed by atoms with van der Waals surface area (Å²) in [4.78, 5) is 13.0. The summed E-state index contributed by atoms with van der Waals surface area (Å²) in [7, 11) is 0. The van der Waals surface area contributed by atoms with Gasteiger partial charge in [0.1, 0.15) is 0 Å². The Morgan fingerprint density at radius 1 is 1.30 bits per heavy atom. The summed E-state index contributed by atoms with van der Waals surface area (Å²) < 4.78 is 0. The fourth-order valence-corrected chi connectivity index (χ4v) is 2.62. The van der Waals surface area contributed by atoms with Crippen LogP contribution in [0.25, 0.3) is 0 Å². The highest BCUT2D eigenvalue weighted by Crippen LogP contribution is 2.11. The number of hydrogen-bond acceptors (Lipinski definition) is 3. The molecule has 0 aliphatic heterocycles. The number of aryl methyl sites for hydroxylation is 2. The summed E-state index contributed by atoms with van der Waals surface area (Å²) in [5, 5.41) is 6.13. The predicted octanol–water partition coefficient (Wildman–Crippen LogP) is 3.45.